The number of hydrogen-bond acceptors (Lipinski definition) is 1. The second-order valence-corrected chi connectivity index (χ2v) is 6.04. The lowest BCUT2D eigenvalue weighted by molar-refractivity contribution is 0.266. The van der Waals surface area contributed by atoms with Gasteiger partial charge in [-0.1, -0.05) is 52.0 Å². The molecule has 0 saturated carbocycles. The maximum atomic E-state index is 9.33. The van der Waals surface area contributed by atoms with E-state index in [0.29, 0.717) is 0 Å². The van der Waals surface area contributed by atoms with Crippen molar-refractivity contribution in [3.63, 3.8) is 0 Å². The van der Waals surface area contributed by atoms with Crippen LogP contribution in [0, 0.1) is 17.2 Å². The Morgan fingerprint density at radius 3 is 2.25 bits per heavy atom. The topological polar surface area (TPSA) is 23.8 Å². The van der Waals surface area contributed by atoms with E-state index in [4.69, 9.17) is 0 Å². The summed E-state index contributed by atoms with van der Waals surface area (Å²) in [6.07, 6.45) is 0.952. The lowest BCUT2D eigenvalue weighted by atomic mass is 9.58. The first-order chi connectivity index (χ1) is 7.39. The Kier molecular flexibility index (Phi) is 2.35. The van der Waals surface area contributed by atoms with Gasteiger partial charge in [0.2, 0.25) is 0 Å². The van der Waals surface area contributed by atoms with Gasteiger partial charge in [-0.2, -0.15) is 5.26 Å². The van der Waals surface area contributed by atoms with Crippen LogP contribution in [0.3, 0.4) is 0 Å². The van der Waals surface area contributed by atoms with E-state index in [1.165, 1.54) is 11.1 Å². The smallest absolute Gasteiger partial charge is 0.0665 e. The fourth-order valence-corrected chi connectivity index (χ4v) is 2.91. The molecule has 0 amide bonds. The Morgan fingerprint density at radius 1 is 1.12 bits per heavy atom. The highest BCUT2D eigenvalue weighted by atomic mass is 14.5. The summed E-state index contributed by atoms with van der Waals surface area (Å²) in [6, 6.07) is 11.1. The molecule has 0 aliphatic heterocycles. The number of rotatable bonds is 0. The summed E-state index contributed by atoms with van der Waals surface area (Å²) in [5.74, 6) is 0.109. The average molecular weight is 213 g/mol. The van der Waals surface area contributed by atoms with Crippen LogP contribution < -0.4 is 0 Å². The highest BCUT2D eigenvalue weighted by Crippen LogP contribution is 2.48. The van der Waals surface area contributed by atoms with Crippen molar-refractivity contribution in [3.05, 3.63) is 35.4 Å². The summed E-state index contributed by atoms with van der Waals surface area (Å²) in [5.41, 5.74) is 2.84. The Morgan fingerprint density at radius 2 is 1.69 bits per heavy atom. The van der Waals surface area contributed by atoms with Gasteiger partial charge in [-0.05, 0) is 23.0 Å². The third-order valence-corrected chi connectivity index (χ3v) is 4.09. The van der Waals surface area contributed by atoms with Crippen molar-refractivity contribution in [2.24, 2.45) is 5.92 Å². The molecule has 0 radical (unpaired) electrons. The van der Waals surface area contributed by atoms with Crippen LogP contribution in [0.15, 0.2) is 24.3 Å². The van der Waals surface area contributed by atoms with Crippen molar-refractivity contribution in [2.45, 2.75) is 44.9 Å². The zero-order valence-electron chi connectivity index (χ0n) is 10.5. The van der Waals surface area contributed by atoms with Gasteiger partial charge in [0.1, 0.15) is 0 Å². The van der Waals surface area contributed by atoms with Gasteiger partial charge in [-0.15, -0.1) is 0 Å². The van der Waals surface area contributed by atoms with E-state index in [1.54, 1.807) is 0 Å². The molecule has 1 unspecified atom stereocenters. The molecule has 0 spiro atoms. The van der Waals surface area contributed by atoms with Gasteiger partial charge in [-0.3, -0.25) is 0 Å². The van der Waals surface area contributed by atoms with Crippen LogP contribution in [0.25, 0.3) is 0 Å². The SMILES string of the molecule is CC1(C)CC(C#N)C(C)(C)c2ccccc21. The van der Waals surface area contributed by atoms with E-state index in [1.807, 2.05) is 0 Å². The third-order valence-electron chi connectivity index (χ3n) is 4.09. The Balaban J connectivity index is 2.66. The number of hydrogen-bond donors (Lipinski definition) is 0. The molecular formula is C15H19N. The lowest BCUT2D eigenvalue weighted by Gasteiger charge is -2.44. The maximum absolute atomic E-state index is 9.33. The summed E-state index contributed by atoms with van der Waals surface area (Å²) < 4.78 is 0. The zero-order chi connectivity index (χ0) is 12.0. The van der Waals surface area contributed by atoms with Gasteiger partial charge < -0.3 is 0 Å². The molecule has 0 fully saturated rings. The molecular weight excluding hydrogens is 194 g/mol. The van der Waals surface area contributed by atoms with E-state index in [0.717, 1.165) is 6.42 Å². The predicted octanol–water partition coefficient (Wildman–Crippen LogP) is 3.79. The number of fused-ring (bicyclic) bond motifs is 1. The highest BCUT2D eigenvalue weighted by molar-refractivity contribution is 5.43. The van der Waals surface area contributed by atoms with Crippen LogP contribution in [0.4, 0.5) is 0 Å². The normalized spacial score (nSPS) is 25.6. The Hall–Kier alpha value is -1.29. The minimum atomic E-state index is -0.0269. The van der Waals surface area contributed by atoms with Crippen molar-refractivity contribution in [3.8, 4) is 6.07 Å². The lowest BCUT2D eigenvalue weighted by Crippen LogP contribution is -2.40. The van der Waals surface area contributed by atoms with E-state index in [-0.39, 0.29) is 16.7 Å². The van der Waals surface area contributed by atoms with Gasteiger partial charge in [0.15, 0.2) is 0 Å². The molecule has 1 aliphatic carbocycles. The quantitative estimate of drug-likeness (QED) is 0.643. The van der Waals surface area contributed by atoms with Crippen molar-refractivity contribution >= 4 is 0 Å². The summed E-state index contributed by atoms with van der Waals surface area (Å²) >= 11 is 0. The van der Waals surface area contributed by atoms with Crippen LogP contribution in [0.5, 0.6) is 0 Å². The molecule has 1 heteroatoms. The predicted molar refractivity (Wildman–Crippen MR) is 66.2 cm³/mol. The molecule has 1 aromatic rings. The molecule has 1 aromatic carbocycles. The standard InChI is InChI=1S/C15H19N/c1-14(2)9-11(10-16)15(3,4)13-8-6-5-7-12(13)14/h5-8,11H,9H2,1-4H3. The van der Waals surface area contributed by atoms with Crippen LogP contribution in [-0.4, -0.2) is 0 Å². The van der Waals surface area contributed by atoms with E-state index in [9.17, 15) is 5.26 Å². The number of benzene rings is 1. The average Bonchev–Trinajstić information content (AvgIpc) is 2.24. The first-order valence-corrected chi connectivity index (χ1v) is 5.89. The molecule has 1 atom stereocenters. The molecule has 0 aromatic heterocycles. The van der Waals surface area contributed by atoms with Gasteiger partial charge in [0.25, 0.3) is 0 Å². The van der Waals surface area contributed by atoms with Crippen LogP contribution in [-0.2, 0) is 10.8 Å². The van der Waals surface area contributed by atoms with Crippen molar-refractivity contribution < 1.29 is 0 Å². The van der Waals surface area contributed by atoms with E-state index < -0.39 is 0 Å². The van der Waals surface area contributed by atoms with Crippen LogP contribution in [0.1, 0.15) is 45.2 Å². The van der Waals surface area contributed by atoms with Gasteiger partial charge in [0.05, 0.1) is 12.0 Å². The molecule has 0 heterocycles. The summed E-state index contributed by atoms with van der Waals surface area (Å²) in [7, 11) is 0. The second kappa shape index (κ2) is 3.35. The Bertz CT molecular complexity index is 449. The minimum Gasteiger partial charge on any atom is -0.198 e. The summed E-state index contributed by atoms with van der Waals surface area (Å²) in [6.45, 7) is 8.86. The third kappa shape index (κ3) is 1.45. The first kappa shape index (κ1) is 11.2. The van der Waals surface area contributed by atoms with Crippen molar-refractivity contribution in [1.29, 1.82) is 5.26 Å². The zero-order valence-corrected chi connectivity index (χ0v) is 10.5. The fraction of sp³-hybridized carbons (Fsp3) is 0.533. The second-order valence-electron chi connectivity index (χ2n) is 6.04. The van der Waals surface area contributed by atoms with Gasteiger partial charge in [0, 0.05) is 5.41 Å². The summed E-state index contributed by atoms with van der Waals surface area (Å²) in [4.78, 5) is 0. The molecule has 16 heavy (non-hydrogen) atoms. The van der Waals surface area contributed by atoms with Crippen LogP contribution >= 0.6 is 0 Å². The van der Waals surface area contributed by atoms with Gasteiger partial charge >= 0.3 is 0 Å². The van der Waals surface area contributed by atoms with Crippen molar-refractivity contribution in [1.82, 2.24) is 0 Å². The fourth-order valence-electron chi connectivity index (χ4n) is 2.91. The summed E-state index contributed by atoms with van der Waals surface area (Å²) in [5, 5.41) is 9.33. The maximum Gasteiger partial charge on any atom is 0.0665 e. The van der Waals surface area contributed by atoms with Gasteiger partial charge in [-0.25, -0.2) is 0 Å². The van der Waals surface area contributed by atoms with Crippen molar-refractivity contribution in [2.75, 3.05) is 0 Å². The molecule has 0 bridgehead atoms. The van der Waals surface area contributed by atoms with E-state index >= 15 is 0 Å². The highest BCUT2D eigenvalue weighted by Gasteiger charge is 2.43. The van der Waals surface area contributed by atoms with Crippen LogP contribution in [0.2, 0.25) is 0 Å². The van der Waals surface area contributed by atoms with E-state index in [2.05, 4.69) is 58.0 Å². The molecule has 84 valence electrons. The molecule has 1 aliphatic rings. The monoisotopic (exact) mass is 213 g/mol. The molecule has 0 N–H and O–H groups in total. The number of nitrogens with zero attached hydrogens (tertiary/aromatic N) is 1. The number of nitriles is 1. The molecule has 2 rings (SSSR count). The first-order valence-electron chi connectivity index (χ1n) is 5.89. The minimum absolute atomic E-state index is 0.0269. The largest absolute Gasteiger partial charge is 0.198 e. The molecule has 0 saturated heterocycles. The molecule has 1 nitrogen and oxygen atoms in total. The Labute approximate surface area is 98.1 Å².